The third-order valence-electron chi connectivity index (χ3n) is 3.97. The van der Waals surface area contributed by atoms with Gasteiger partial charge in [0.1, 0.15) is 11.3 Å². The van der Waals surface area contributed by atoms with Gasteiger partial charge in [-0.15, -0.1) is 0 Å². The van der Waals surface area contributed by atoms with E-state index in [-0.39, 0.29) is 17.8 Å². The lowest BCUT2D eigenvalue weighted by Crippen LogP contribution is -2.57. The molecule has 144 valence electrons. The molecule has 1 atom stereocenters. The highest BCUT2D eigenvalue weighted by atomic mass is 16.6. The number of hydrogen-bond donors (Lipinski definition) is 0. The maximum absolute atomic E-state index is 12.3. The van der Waals surface area contributed by atoms with E-state index >= 15 is 0 Å². The van der Waals surface area contributed by atoms with E-state index in [0.29, 0.717) is 26.2 Å². The molecule has 0 saturated carbocycles. The number of rotatable bonds is 4. The number of nitrogens with zero attached hydrogens (tertiary/aromatic N) is 3. The predicted octanol–water partition coefficient (Wildman–Crippen LogP) is 1.94. The van der Waals surface area contributed by atoms with Gasteiger partial charge in [-0.05, 0) is 32.9 Å². The second kappa shape index (κ2) is 8.35. The summed E-state index contributed by atoms with van der Waals surface area (Å²) in [6.07, 6.45) is 1.32. The van der Waals surface area contributed by atoms with Crippen molar-refractivity contribution in [2.24, 2.45) is 0 Å². The summed E-state index contributed by atoms with van der Waals surface area (Å²) in [5, 5.41) is 0. The van der Waals surface area contributed by atoms with Crippen LogP contribution < -0.4 is 4.90 Å². The topological polar surface area (TPSA) is 81.2 Å². The summed E-state index contributed by atoms with van der Waals surface area (Å²) in [6.45, 7) is 7.65. The number of methoxy groups -OCH3 is 2. The van der Waals surface area contributed by atoms with Crippen molar-refractivity contribution in [1.82, 2.24) is 9.88 Å². The molecule has 0 aromatic carbocycles. The quantitative estimate of drug-likeness (QED) is 0.754. The Morgan fingerprint density at radius 1 is 1.23 bits per heavy atom. The number of hydrogen-bond acceptors (Lipinski definition) is 7. The molecule has 2 heterocycles. The smallest absolute Gasteiger partial charge is 0.410 e. The Balaban J connectivity index is 2.10. The van der Waals surface area contributed by atoms with Gasteiger partial charge in [-0.1, -0.05) is 0 Å². The van der Waals surface area contributed by atoms with Crippen molar-refractivity contribution in [3.63, 3.8) is 0 Å². The van der Waals surface area contributed by atoms with Crippen LogP contribution in [0.25, 0.3) is 0 Å². The number of anilines is 1. The minimum atomic E-state index is -0.529. The van der Waals surface area contributed by atoms with E-state index in [9.17, 15) is 9.59 Å². The van der Waals surface area contributed by atoms with Crippen molar-refractivity contribution in [1.29, 1.82) is 0 Å². The molecule has 0 bridgehead atoms. The Morgan fingerprint density at radius 2 is 1.96 bits per heavy atom. The summed E-state index contributed by atoms with van der Waals surface area (Å²) in [5.74, 6) is -0.472. The van der Waals surface area contributed by atoms with Crippen LogP contribution >= 0.6 is 0 Å². The molecule has 1 aromatic heterocycles. The molecule has 1 aromatic rings. The summed E-state index contributed by atoms with van der Waals surface area (Å²) in [6, 6.07) is 3.42. The van der Waals surface area contributed by atoms with Crippen molar-refractivity contribution >= 4 is 17.7 Å². The average molecular weight is 365 g/mol. The molecular formula is C18H27N3O5. The number of piperazine rings is 1. The third kappa shape index (κ3) is 5.08. The van der Waals surface area contributed by atoms with Gasteiger partial charge in [0.05, 0.1) is 31.6 Å². The van der Waals surface area contributed by atoms with Crippen LogP contribution in [0.4, 0.5) is 10.5 Å². The minimum absolute atomic E-state index is 0.0351. The van der Waals surface area contributed by atoms with Gasteiger partial charge >= 0.3 is 12.1 Å². The first kappa shape index (κ1) is 20.0. The maximum Gasteiger partial charge on any atom is 0.410 e. The highest BCUT2D eigenvalue weighted by Gasteiger charge is 2.32. The van der Waals surface area contributed by atoms with Crippen molar-refractivity contribution in [2.45, 2.75) is 32.4 Å². The summed E-state index contributed by atoms with van der Waals surface area (Å²) < 4.78 is 15.5. The lowest BCUT2D eigenvalue weighted by atomic mass is 10.1. The van der Waals surface area contributed by atoms with Crippen LogP contribution in [0.1, 0.15) is 31.3 Å². The number of amides is 1. The van der Waals surface area contributed by atoms with Gasteiger partial charge < -0.3 is 24.0 Å². The van der Waals surface area contributed by atoms with Crippen LogP contribution in [-0.4, -0.2) is 74.1 Å². The number of esters is 1. The fourth-order valence-corrected chi connectivity index (χ4v) is 2.80. The lowest BCUT2D eigenvalue weighted by molar-refractivity contribution is 0.0186. The molecule has 8 heteroatoms. The van der Waals surface area contributed by atoms with Gasteiger partial charge in [0.15, 0.2) is 0 Å². The molecule has 1 saturated heterocycles. The Morgan fingerprint density at radius 3 is 2.50 bits per heavy atom. The van der Waals surface area contributed by atoms with Crippen LogP contribution in [0, 0.1) is 0 Å². The van der Waals surface area contributed by atoms with Gasteiger partial charge in [0.2, 0.25) is 0 Å². The molecule has 0 N–H and O–H groups in total. The molecule has 0 aliphatic carbocycles. The zero-order valence-corrected chi connectivity index (χ0v) is 16.0. The summed E-state index contributed by atoms with van der Waals surface area (Å²) in [7, 11) is 2.95. The van der Waals surface area contributed by atoms with E-state index < -0.39 is 11.6 Å². The van der Waals surface area contributed by atoms with Gasteiger partial charge in [-0.2, -0.15) is 0 Å². The van der Waals surface area contributed by atoms with Gasteiger partial charge in [-0.3, -0.25) is 0 Å². The number of aromatic nitrogens is 1. The largest absolute Gasteiger partial charge is 0.464 e. The number of carbonyl (C=O) groups is 2. The molecule has 1 unspecified atom stereocenters. The van der Waals surface area contributed by atoms with Crippen molar-refractivity contribution in [3.05, 3.63) is 24.0 Å². The lowest BCUT2D eigenvalue weighted by Gasteiger charge is -2.42. The van der Waals surface area contributed by atoms with Crippen LogP contribution in [0.15, 0.2) is 18.3 Å². The SMILES string of the molecule is COCC1CN(C(=O)OC(C)(C)C)CCN1c1ccc(C(=O)OC)nc1. The average Bonchev–Trinajstić information content (AvgIpc) is 2.60. The molecule has 2 rings (SSSR count). The van der Waals surface area contributed by atoms with Crippen molar-refractivity contribution in [2.75, 3.05) is 45.4 Å². The van der Waals surface area contributed by atoms with E-state index in [4.69, 9.17) is 9.47 Å². The van der Waals surface area contributed by atoms with E-state index in [1.165, 1.54) is 7.11 Å². The summed E-state index contributed by atoms with van der Waals surface area (Å²) >= 11 is 0. The fraction of sp³-hybridized carbons (Fsp3) is 0.611. The molecule has 1 amide bonds. The summed E-state index contributed by atoms with van der Waals surface area (Å²) in [5.41, 5.74) is 0.592. The summed E-state index contributed by atoms with van der Waals surface area (Å²) in [4.78, 5) is 31.8. The molecule has 0 spiro atoms. The standard InChI is InChI=1S/C18H27N3O5/c1-18(2,3)26-17(23)20-8-9-21(14(11-20)12-24-4)13-6-7-15(19-10-13)16(22)25-5/h6-7,10,14H,8-9,11-12H2,1-5H3. The Labute approximate surface area is 154 Å². The van der Waals surface area contributed by atoms with Crippen molar-refractivity contribution in [3.8, 4) is 0 Å². The molecule has 0 radical (unpaired) electrons. The molecule has 1 aliphatic heterocycles. The second-order valence-corrected chi connectivity index (χ2v) is 7.12. The van der Waals surface area contributed by atoms with E-state index in [1.807, 2.05) is 26.8 Å². The fourth-order valence-electron chi connectivity index (χ4n) is 2.80. The zero-order chi connectivity index (χ0) is 19.3. The van der Waals surface area contributed by atoms with Gasteiger partial charge in [0, 0.05) is 26.7 Å². The molecule has 8 nitrogen and oxygen atoms in total. The van der Waals surface area contributed by atoms with Crippen LogP contribution in [0.3, 0.4) is 0 Å². The van der Waals surface area contributed by atoms with E-state index in [0.717, 1.165) is 5.69 Å². The number of pyridine rings is 1. The first-order valence-corrected chi connectivity index (χ1v) is 8.53. The number of ether oxygens (including phenoxy) is 3. The molecule has 1 fully saturated rings. The predicted molar refractivity (Wildman–Crippen MR) is 96.4 cm³/mol. The van der Waals surface area contributed by atoms with Gasteiger partial charge in [-0.25, -0.2) is 14.6 Å². The van der Waals surface area contributed by atoms with Gasteiger partial charge in [0.25, 0.3) is 0 Å². The molecule has 26 heavy (non-hydrogen) atoms. The Hall–Kier alpha value is -2.35. The van der Waals surface area contributed by atoms with Crippen LogP contribution in [0.2, 0.25) is 0 Å². The first-order chi connectivity index (χ1) is 12.2. The highest BCUT2D eigenvalue weighted by molar-refractivity contribution is 5.87. The Kier molecular flexibility index (Phi) is 6.42. The van der Waals surface area contributed by atoms with E-state index in [2.05, 4.69) is 14.6 Å². The zero-order valence-electron chi connectivity index (χ0n) is 16.0. The second-order valence-electron chi connectivity index (χ2n) is 7.12. The first-order valence-electron chi connectivity index (χ1n) is 8.53. The van der Waals surface area contributed by atoms with Crippen molar-refractivity contribution < 1.29 is 23.8 Å². The molecular weight excluding hydrogens is 338 g/mol. The number of carbonyl (C=O) groups excluding carboxylic acids is 2. The maximum atomic E-state index is 12.3. The molecule has 1 aliphatic rings. The van der Waals surface area contributed by atoms with E-state index in [1.54, 1.807) is 24.3 Å². The van der Waals surface area contributed by atoms with Crippen LogP contribution in [-0.2, 0) is 14.2 Å². The Bertz CT molecular complexity index is 627. The minimum Gasteiger partial charge on any atom is -0.464 e. The highest BCUT2D eigenvalue weighted by Crippen LogP contribution is 2.22. The monoisotopic (exact) mass is 365 g/mol. The normalized spacial score (nSPS) is 17.8. The third-order valence-corrected chi connectivity index (χ3v) is 3.97. The van der Waals surface area contributed by atoms with Crippen LogP contribution in [0.5, 0.6) is 0 Å².